The van der Waals surface area contributed by atoms with Gasteiger partial charge in [-0.25, -0.2) is 0 Å². The van der Waals surface area contributed by atoms with Gasteiger partial charge >= 0.3 is 5.97 Å². The Balaban J connectivity index is 1.96. The number of aliphatic hydroxyl groups is 2. The first kappa shape index (κ1) is 27.8. The zero-order valence-electron chi connectivity index (χ0n) is 21.6. The summed E-state index contributed by atoms with van der Waals surface area (Å²) in [6, 6.07) is 9.64. The Hall–Kier alpha value is -1.77. The second-order valence-corrected chi connectivity index (χ2v) is 10.1. The van der Waals surface area contributed by atoms with Crippen molar-refractivity contribution in [2.45, 2.75) is 89.2 Å². The molecule has 2 aliphatic rings. The fourth-order valence-corrected chi connectivity index (χ4v) is 5.31. The SMILES string of the molecule is CO[C@@H]1C/C=C/[C@H](C)[C@@H]2O[C@](O)([C@H](C)C(=O)O[C@H](c3ccccc3)CCCC1)[C@H](OC)[C@@H](O)[C@@H]2C. The number of fused-ring (bicyclic) bond motifs is 2. The maximum absolute atomic E-state index is 13.4. The van der Waals surface area contributed by atoms with Crippen LogP contribution in [0.3, 0.4) is 0 Å². The average molecular weight is 491 g/mol. The number of methoxy groups -OCH3 is 2. The highest BCUT2D eigenvalue weighted by molar-refractivity contribution is 5.73. The Morgan fingerprint density at radius 3 is 2.37 bits per heavy atom. The van der Waals surface area contributed by atoms with Crippen molar-refractivity contribution in [2.75, 3.05) is 14.2 Å². The van der Waals surface area contributed by atoms with Crippen LogP contribution in [0, 0.1) is 17.8 Å². The van der Waals surface area contributed by atoms with Crippen molar-refractivity contribution in [3.8, 4) is 0 Å². The number of carbonyl (C=O) groups excluding carboxylic acids is 1. The van der Waals surface area contributed by atoms with E-state index in [0.717, 1.165) is 31.2 Å². The maximum atomic E-state index is 13.4. The monoisotopic (exact) mass is 490 g/mol. The molecule has 0 saturated carbocycles. The van der Waals surface area contributed by atoms with Gasteiger partial charge in [0.15, 0.2) is 0 Å². The summed E-state index contributed by atoms with van der Waals surface area (Å²) in [6.45, 7) is 5.43. The highest BCUT2D eigenvalue weighted by Crippen LogP contribution is 2.41. The van der Waals surface area contributed by atoms with Crippen LogP contribution in [-0.2, 0) is 23.7 Å². The molecule has 0 aliphatic carbocycles. The molecule has 0 radical (unpaired) electrons. The van der Waals surface area contributed by atoms with Crippen LogP contribution >= 0.6 is 0 Å². The third-order valence-corrected chi connectivity index (χ3v) is 7.69. The number of cyclic esters (lactones) is 1. The number of carbonyl (C=O) groups is 1. The first-order valence-corrected chi connectivity index (χ1v) is 12.8. The predicted molar refractivity (Wildman–Crippen MR) is 132 cm³/mol. The molecule has 1 aromatic carbocycles. The van der Waals surface area contributed by atoms with E-state index in [-0.39, 0.29) is 17.9 Å². The zero-order chi connectivity index (χ0) is 25.6. The second-order valence-electron chi connectivity index (χ2n) is 10.1. The van der Waals surface area contributed by atoms with Crippen LogP contribution in [0.5, 0.6) is 0 Å². The lowest BCUT2D eigenvalue weighted by Gasteiger charge is -2.51. The lowest BCUT2D eigenvalue weighted by atomic mass is 9.78. The molecule has 2 aliphatic heterocycles. The Bertz CT molecular complexity index is 828. The summed E-state index contributed by atoms with van der Waals surface area (Å²) in [6.07, 6.45) is 5.25. The van der Waals surface area contributed by atoms with Gasteiger partial charge in [-0.3, -0.25) is 4.79 Å². The summed E-state index contributed by atoms with van der Waals surface area (Å²) in [5.74, 6) is -4.15. The third-order valence-electron chi connectivity index (χ3n) is 7.69. The highest BCUT2D eigenvalue weighted by Gasteiger charge is 2.58. The van der Waals surface area contributed by atoms with E-state index in [1.807, 2.05) is 50.3 Å². The minimum Gasteiger partial charge on any atom is -0.457 e. The van der Waals surface area contributed by atoms with Crippen molar-refractivity contribution in [3.05, 3.63) is 48.0 Å². The van der Waals surface area contributed by atoms with E-state index in [9.17, 15) is 15.0 Å². The van der Waals surface area contributed by atoms with E-state index >= 15 is 0 Å². The number of benzene rings is 1. The average Bonchev–Trinajstić information content (AvgIpc) is 2.86. The van der Waals surface area contributed by atoms with Gasteiger partial charge in [-0.15, -0.1) is 0 Å². The van der Waals surface area contributed by atoms with Crippen molar-refractivity contribution >= 4 is 5.97 Å². The van der Waals surface area contributed by atoms with Crippen LogP contribution in [0.2, 0.25) is 0 Å². The van der Waals surface area contributed by atoms with Crippen molar-refractivity contribution in [1.82, 2.24) is 0 Å². The number of ether oxygens (including phenoxy) is 4. The van der Waals surface area contributed by atoms with Crippen LogP contribution in [0.4, 0.5) is 0 Å². The molecule has 3 rings (SSSR count). The standard InChI is InChI=1S/C28H42O7/c1-18-12-11-16-22(32-4)15-9-10-17-23(21-13-7-6-8-14-21)34-27(30)20(3)28(31)26(33-5)24(29)19(2)25(18)35-28/h6-8,11-14,18-20,22-26,29,31H,9-10,15-17H2,1-5H3/b12-11+/t18-,19-,20+,22-,23-,24-,25-,26+,28+/m0/s1. The fourth-order valence-electron chi connectivity index (χ4n) is 5.31. The van der Waals surface area contributed by atoms with E-state index in [2.05, 4.69) is 6.08 Å². The molecule has 2 N–H and O–H groups in total. The minimum absolute atomic E-state index is 0.0918. The Kier molecular flexibility index (Phi) is 9.90. The molecule has 7 heteroatoms. The van der Waals surface area contributed by atoms with Gasteiger partial charge in [-0.2, -0.15) is 0 Å². The number of rotatable bonds is 3. The molecule has 0 amide bonds. The Morgan fingerprint density at radius 2 is 1.71 bits per heavy atom. The minimum atomic E-state index is -2.04. The quantitative estimate of drug-likeness (QED) is 0.485. The molecule has 1 saturated heterocycles. The van der Waals surface area contributed by atoms with Gasteiger partial charge in [-0.05, 0) is 38.2 Å². The molecule has 7 nitrogen and oxygen atoms in total. The molecule has 2 bridgehead atoms. The van der Waals surface area contributed by atoms with Crippen molar-refractivity contribution in [3.63, 3.8) is 0 Å². The molecular weight excluding hydrogens is 448 g/mol. The van der Waals surface area contributed by atoms with Crippen LogP contribution in [-0.4, -0.2) is 60.6 Å². The van der Waals surface area contributed by atoms with Crippen LogP contribution in [0.15, 0.2) is 42.5 Å². The molecule has 0 spiro atoms. The molecule has 1 fully saturated rings. The third kappa shape index (κ3) is 6.33. The van der Waals surface area contributed by atoms with Gasteiger partial charge < -0.3 is 29.2 Å². The Morgan fingerprint density at radius 1 is 1.03 bits per heavy atom. The van der Waals surface area contributed by atoms with Gasteiger partial charge in [0.05, 0.1) is 18.3 Å². The number of esters is 1. The fraction of sp³-hybridized carbons (Fsp3) is 0.679. The van der Waals surface area contributed by atoms with Gasteiger partial charge in [0.1, 0.15) is 18.1 Å². The maximum Gasteiger partial charge on any atom is 0.314 e. The first-order valence-electron chi connectivity index (χ1n) is 12.8. The molecule has 2 heterocycles. The second kappa shape index (κ2) is 12.5. The predicted octanol–water partition coefficient (Wildman–Crippen LogP) is 4.18. The van der Waals surface area contributed by atoms with E-state index in [0.29, 0.717) is 6.42 Å². The van der Waals surface area contributed by atoms with Crippen molar-refractivity contribution in [1.29, 1.82) is 0 Å². The first-order chi connectivity index (χ1) is 16.7. The summed E-state index contributed by atoms with van der Waals surface area (Å²) < 4.78 is 23.4. The van der Waals surface area contributed by atoms with E-state index in [1.165, 1.54) is 7.11 Å². The van der Waals surface area contributed by atoms with Gasteiger partial charge in [0.25, 0.3) is 0 Å². The molecule has 35 heavy (non-hydrogen) atoms. The van der Waals surface area contributed by atoms with Gasteiger partial charge in [-0.1, -0.05) is 62.8 Å². The summed E-state index contributed by atoms with van der Waals surface area (Å²) >= 11 is 0. The summed E-state index contributed by atoms with van der Waals surface area (Å²) in [5, 5.41) is 22.8. The van der Waals surface area contributed by atoms with Crippen LogP contribution in [0.25, 0.3) is 0 Å². The topological polar surface area (TPSA) is 94.5 Å². The molecule has 196 valence electrons. The summed E-state index contributed by atoms with van der Waals surface area (Å²) in [5.41, 5.74) is 0.903. The molecular formula is C28H42O7. The normalized spacial score (nSPS) is 40.6. The largest absolute Gasteiger partial charge is 0.457 e. The number of hydrogen-bond acceptors (Lipinski definition) is 7. The van der Waals surface area contributed by atoms with Crippen LogP contribution in [0.1, 0.15) is 64.5 Å². The number of aliphatic hydroxyl groups excluding tert-OH is 1. The molecule has 0 aromatic heterocycles. The smallest absolute Gasteiger partial charge is 0.314 e. The molecule has 9 atom stereocenters. The van der Waals surface area contributed by atoms with E-state index in [4.69, 9.17) is 18.9 Å². The molecule has 1 aromatic rings. The van der Waals surface area contributed by atoms with Crippen molar-refractivity contribution < 1.29 is 34.0 Å². The lowest BCUT2D eigenvalue weighted by molar-refractivity contribution is -0.360. The highest BCUT2D eigenvalue weighted by atomic mass is 16.7. The number of hydrogen-bond donors (Lipinski definition) is 2. The van der Waals surface area contributed by atoms with E-state index < -0.39 is 42.1 Å². The van der Waals surface area contributed by atoms with E-state index in [1.54, 1.807) is 14.0 Å². The van der Waals surface area contributed by atoms with Gasteiger partial charge in [0.2, 0.25) is 5.79 Å². The summed E-state index contributed by atoms with van der Waals surface area (Å²) in [4.78, 5) is 13.4. The summed E-state index contributed by atoms with van der Waals surface area (Å²) in [7, 11) is 3.13. The molecule has 0 unspecified atom stereocenters. The zero-order valence-corrected chi connectivity index (χ0v) is 21.6. The Labute approximate surface area is 209 Å². The lowest BCUT2D eigenvalue weighted by Crippen LogP contribution is -2.66. The van der Waals surface area contributed by atoms with Gasteiger partial charge in [0, 0.05) is 26.1 Å². The van der Waals surface area contributed by atoms with Crippen molar-refractivity contribution in [2.24, 2.45) is 17.8 Å². The van der Waals surface area contributed by atoms with Crippen LogP contribution < -0.4 is 0 Å².